The van der Waals surface area contributed by atoms with E-state index in [0.717, 1.165) is 0 Å². The third-order valence-corrected chi connectivity index (χ3v) is 5.74. The molecule has 120 valence electrons. The zero-order chi connectivity index (χ0) is 16.6. The van der Waals surface area contributed by atoms with Crippen molar-refractivity contribution in [3.8, 4) is 5.75 Å². The molecule has 0 aromatic heterocycles. The maximum absolute atomic E-state index is 12.4. The van der Waals surface area contributed by atoms with Crippen molar-refractivity contribution in [3.63, 3.8) is 0 Å². The fraction of sp³-hybridized carbons (Fsp3) is 0.188. The number of sulfone groups is 1. The monoisotopic (exact) mass is 351 g/mol. The number of rotatable bonds is 3. The Morgan fingerprint density at radius 1 is 1.09 bits per heavy atom. The third-order valence-electron chi connectivity index (χ3n) is 3.67. The average Bonchev–Trinajstić information content (AvgIpc) is 2.77. The molecule has 0 bridgehead atoms. The molecule has 1 fully saturated rings. The number of methoxy groups -OCH3 is 1. The Morgan fingerprint density at radius 2 is 1.70 bits per heavy atom. The summed E-state index contributed by atoms with van der Waals surface area (Å²) < 4.78 is 30.0. The number of amides is 1. The van der Waals surface area contributed by atoms with E-state index < -0.39 is 26.9 Å². The molecule has 0 radical (unpaired) electrons. The molecule has 23 heavy (non-hydrogen) atoms. The molecule has 1 unspecified atom stereocenters. The number of halogens is 1. The second-order valence-electron chi connectivity index (χ2n) is 5.17. The Bertz CT molecular complexity index is 831. The molecule has 1 heterocycles. The van der Waals surface area contributed by atoms with Crippen LogP contribution in [0.3, 0.4) is 0 Å². The first-order valence-electron chi connectivity index (χ1n) is 6.85. The van der Waals surface area contributed by atoms with Gasteiger partial charge in [0.1, 0.15) is 11.5 Å². The van der Waals surface area contributed by atoms with Gasteiger partial charge in [0.2, 0.25) is 5.91 Å². The summed E-state index contributed by atoms with van der Waals surface area (Å²) in [6.45, 7) is 0. The van der Waals surface area contributed by atoms with Crippen LogP contribution in [0.4, 0.5) is 5.69 Å². The van der Waals surface area contributed by atoms with Gasteiger partial charge in [0.15, 0.2) is 15.2 Å². The van der Waals surface area contributed by atoms with Crippen LogP contribution in [-0.2, 0) is 14.6 Å². The number of ether oxygens (including phenoxy) is 1. The zero-order valence-electron chi connectivity index (χ0n) is 12.3. The maximum atomic E-state index is 12.4. The molecule has 1 aliphatic rings. The van der Waals surface area contributed by atoms with Gasteiger partial charge in [-0.15, -0.1) is 0 Å². The van der Waals surface area contributed by atoms with Crippen molar-refractivity contribution >= 4 is 33.0 Å². The second-order valence-corrected chi connectivity index (χ2v) is 7.67. The number of carbonyl (C=O) groups excluding carboxylic acids is 1. The molecular weight excluding hydrogens is 338 g/mol. The molecule has 1 atom stereocenters. The summed E-state index contributed by atoms with van der Waals surface area (Å²) in [4.78, 5) is 13.6. The van der Waals surface area contributed by atoms with Crippen molar-refractivity contribution in [2.75, 3.05) is 17.8 Å². The summed E-state index contributed by atoms with van der Waals surface area (Å²) >= 11 is 5.86. The average molecular weight is 352 g/mol. The van der Waals surface area contributed by atoms with Crippen LogP contribution in [0.1, 0.15) is 10.9 Å². The van der Waals surface area contributed by atoms with Crippen LogP contribution in [0.5, 0.6) is 5.75 Å². The lowest BCUT2D eigenvalue weighted by Crippen LogP contribution is -2.29. The Balaban J connectivity index is 2.08. The highest BCUT2D eigenvalue weighted by atomic mass is 35.5. The first-order valence-corrected chi connectivity index (χ1v) is 8.95. The summed E-state index contributed by atoms with van der Waals surface area (Å²) in [6.07, 6.45) is 0. The Hall–Kier alpha value is -2.05. The molecule has 3 rings (SSSR count). The predicted molar refractivity (Wildman–Crippen MR) is 88.5 cm³/mol. The lowest BCUT2D eigenvalue weighted by Gasteiger charge is -2.24. The minimum absolute atomic E-state index is 0.449. The maximum Gasteiger partial charge on any atom is 0.243 e. The first-order chi connectivity index (χ1) is 10.9. The second kappa shape index (κ2) is 5.86. The zero-order valence-corrected chi connectivity index (χ0v) is 13.8. The normalized spacial score (nSPS) is 19.8. The van der Waals surface area contributed by atoms with Crippen molar-refractivity contribution in [2.24, 2.45) is 0 Å². The largest absolute Gasteiger partial charge is 0.497 e. The van der Waals surface area contributed by atoms with Crippen molar-refractivity contribution in [1.82, 2.24) is 0 Å². The van der Waals surface area contributed by atoms with Crippen molar-refractivity contribution < 1.29 is 17.9 Å². The molecule has 0 spiro atoms. The van der Waals surface area contributed by atoms with Gasteiger partial charge in [-0.3, -0.25) is 9.69 Å². The summed E-state index contributed by atoms with van der Waals surface area (Å²) in [5.74, 6) is -0.326. The van der Waals surface area contributed by atoms with Gasteiger partial charge in [-0.2, -0.15) is 0 Å². The highest BCUT2D eigenvalue weighted by molar-refractivity contribution is 7.93. The van der Waals surface area contributed by atoms with Crippen LogP contribution in [0.25, 0.3) is 0 Å². The molecule has 5 nitrogen and oxygen atoms in total. The minimum Gasteiger partial charge on any atom is -0.497 e. The highest BCUT2D eigenvalue weighted by Crippen LogP contribution is 2.38. The molecular formula is C16H14ClNO4S. The van der Waals surface area contributed by atoms with E-state index in [-0.39, 0.29) is 0 Å². The number of benzene rings is 2. The lowest BCUT2D eigenvalue weighted by atomic mass is 10.2. The molecule has 2 aromatic rings. The molecule has 2 aromatic carbocycles. The van der Waals surface area contributed by atoms with Crippen LogP contribution in [0, 0.1) is 0 Å². The molecule has 1 amide bonds. The van der Waals surface area contributed by atoms with Gasteiger partial charge in [0.25, 0.3) is 0 Å². The van der Waals surface area contributed by atoms with Gasteiger partial charge in [0, 0.05) is 10.7 Å². The van der Waals surface area contributed by atoms with Gasteiger partial charge < -0.3 is 4.74 Å². The van der Waals surface area contributed by atoms with Crippen LogP contribution in [0.2, 0.25) is 5.02 Å². The third kappa shape index (κ3) is 2.92. The van der Waals surface area contributed by atoms with E-state index in [1.165, 1.54) is 12.0 Å². The van der Waals surface area contributed by atoms with Gasteiger partial charge in [-0.25, -0.2) is 8.42 Å². The number of anilines is 1. The molecule has 0 aliphatic carbocycles. The van der Waals surface area contributed by atoms with Gasteiger partial charge in [-0.05, 0) is 42.0 Å². The van der Waals surface area contributed by atoms with Gasteiger partial charge in [-0.1, -0.05) is 23.7 Å². The molecule has 7 heteroatoms. The van der Waals surface area contributed by atoms with E-state index in [4.69, 9.17) is 16.3 Å². The lowest BCUT2D eigenvalue weighted by molar-refractivity contribution is -0.115. The van der Waals surface area contributed by atoms with Crippen LogP contribution in [-0.4, -0.2) is 27.2 Å². The fourth-order valence-electron chi connectivity index (χ4n) is 2.62. The summed E-state index contributed by atoms with van der Waals surface area (Å²) in [6, 6.07) is 13.2. The Labute approximate surface area is 139 Å². The highest BCUT2D eigenvalue weighted by Gasteiger charge is 2.45. The van der Waals surface area contributed by atoms with Gasteiger partial charge >= 0.3 is 0 Å². The summed E-state index contributed by atoms with van der Waals surface area (Å²) in [5, 5.41) is -0.535. The van der Waals surface area contributed by atoms with E-state index >= 15 is 0 Å². The van der Waals surface area contributed by atoms with E-state index in [0.29, 0.717) is 22.0 Å². The van der Waals surface area contributed by atoms with E-state index in [1.807, 2.05) is 0 Å². The first kappa shape index (κ1) is 15.8. The van der Waals surface area contributed by atoms with Crippen LogP contribution in [0.15, 0.2) is 48.5 Å². The number of hydrogen-bond donors (Lipinski definition) is 0. The van der Waals surface area contributed by atoms with Gasteiger partial charge in [0.05, 0.1) is 7.11 Å². The quantitative estimate of drug-likeness (QED) is 0.853. The Morgan fingerprint density at radius 3 is 2.26 bits per heavy atom. The molecule has 0 saturated carbocycles. The standard InChI is InChI=1S/C16H14ClNO4S/c1-22-14-8-6-13(7-9-14)18-15(19)10-23(20,21)16(18)11-2-4-12(17)5-3-11/h2-9,16H,10H2,1H3. The number of hydrogen-bond acceptors (Lipinski definition) is 4. The minimum atomic E-state index is -3.61. The molecule has 0 N–H and O–H groups in total. The molecule has 1 saturated heterocycles. The number of nitrogens with zero attached hydrogens (tertiary/aromatic N) is 1. The van der Waals surface area contributed by atoms with Crippen molar-refractivity contribution in [1.29, 1.82) is 0 Å². The topological polar surface area (TPSA) is 63.7 Å². The Kier molecular flexibility index (Phi) is 4.04. The SMILES string of the molecule is COc1ccc(N2C(=O)CS(=O)(=O)C2c2ccc(Cl)cc2)cc1. The molecule has 1 aliphatic heterocycles. The van der Waals surface area contributed by atoms with E-state index in [9.17, 15) is 13.2 Å². The van der Waals surface area contributed by atoms with E-state index in [2.05, 4.69) is 0 Å². The summed E-state index contributed by atoms with van der Waals surface area (Å²) in [5.41, 5.74) is 1.02. The van der Waals surface area contributed by atoms with Crippen LogP contribution < -0.4 is 9.64 Å². The van der Waals surface area contributed by atoms with Crippen molar-refractivity contribution in [2.45, 2.75) is 5.37 Å². The fourth-order valence-corrected chi connectivity index (χ4v) is 4.52. The summed E-state index contributed by atoms with van der Waals surface area (Å²) in [7, 11) is -2.07. The number of carbonyl (C=O) groups is 1. The van der Waals surface area contributed by atoms with Crippen LogP contribution >= 0.6 is 11.6 Å². The van der Waals surface area contributed by atoms with E-state index in [1.54, 1.807) is 48.5 Å². The smallest absolute Gasteiger partial charge is 0.243 e. The van der Waals surface area contributed by atoms with Crippen molar-refractivity contribution in [3.05, 3.63) is 59.1 Å². The predicted octanol–water partition coefficient (Wildman–Crippen LogP) is 2.81.